The molecule has 10 heteroatoms. The number of fused-ring (bicyclic) bond motifs is 1. The van der Waals surface area contributed by atoms with Crippen LogP contribution in [0.1, 0.15) is 5.56 Å². The molecule has 0 atom stereocenters. The number of aromatic nitrogens is 4. The van der Waals surface area contributed by atoms with E-state index in [2.05, 4.69) is 20.0 Å². The lowest BCUT2D eigenvalue weighted by molar-refractivity contribution is 0.306. The van der Waals surface area contributed by atoms with E-state index in [0.29, 0.717) is 34.4 Å². The van der Waals surface area contributed by atoms with Crippen molar-refractivity contribution in [1.29, 1.82) is 0 Å². The first-order valence-corrected chi connectivity index (χ1v) is 11.7. The maximum atomic E-state index is 12.2. The summed E-state index contributed by atoms with van der Waals surface area (Å²) in [5.74, 6) is 0.833. The Kier molecular flexibility index (Phi) is 6.45. The van der Waals surface area contributed by atoms with Crippen LogP contribution in [0.2, 0.25) is 5.02 Å². The topological polar surface area (TPSA) is 98.5 Å². The van der Waals surface area contributed by atoms with Gasteiger partial charge in [-0.05, 0) is 30.2 Å². The van der Waals surface area contributed by atoms with Gasteiger partial charge in [-0.2, -0.15) is 4.52 Å². The van der Waals surface area contributed by atoms with Crippen molar-refractivity contribution in [3.05, 3.63) is 77.3 Å². The minimum atomic E-state index is -3.40. The second-order valence-electron chi connectivity index (χ2n) is 6.74. The fraction of sp³-hybridized carbons (Fsp3) is 0.190. The first kappa shape index (κ1) is 21.2. The van der Waals surface area contributed by atoms with E-state index in [0.717, 1.165) is 5.56 Å². The predicted octanol–water partition coefficient (Wildman–Crippen LogP) is 2.99. The Labute approximate surface area is 184 Å². The van der Waals surface area contributed by atoms with E-state index in [1.807, 2.05) is 48.5 Å². The number of hydrogen-bond acceptors (Lipinski definition) is 6. The minimum Gasteiger partial charge on any atom is -0.475 e. The molecule has 2 heterocycles. The quantitative estimate of drug-likeness (QED) is 0.388. The summed E-state index contributed by atoms with van der Waals surface area (Å²) in [7, 11) is -3.40. The van der Waals surface area contributed by atoms with Gasteiger partial charge in [0.2, 0.25) is 15.9 Å². The Morgan fingerprint density at radius 2 is 1.74 bits per heavy atom. The summed E-state index contributed by atoms with van der Waals surface area (Å²) in [6.45, 7) is 0.267. The van der Waals surface area contributed by atoms with Gasteiger partial charge in [0.1, 0.15) is 6.61 Å². The van der Waals surface area contributed by atoms with Gasteiger partial charge in [0.25, 0.3) is 0 Å². The zero-order valence-electron chi connectivity index (χ0n) is 16.5. The number of ether oxygens (including phenoxy) is 1. The zero-order valence-corrected chi connectivity index (χ0v) is 18.1. The van der Waals surface area contributed by atoms with Crippen molar-refractivity contribution < 1.29 is 13.2 Å². The van der Waals surface area contributed by atoms with Gasteiger partial charge >= 0.3 is 0 Å². The number of nitrogens with one attached hydrogen (secondary N) is 1. The van der Waals surface area contributed by atoms with Crippen molar-refractivity contribution in [3.8, 4) is 17.3 Å². The van der Waals surface area contributed by atoms with Crippen LogP contribution in [0, 0.1) is 0 Å². The van der Waals surface area contributed by atoms with Crippen LogP contribution in [0.25, 0.3) is 17.0 Å². The van der Waals surface area contributed by atoms with Crippen molar-refractivity contribution in [1.82, 2.24) is 24.5 Å². The summed E-state index contributed by atoms with van der Waals surface area (Å²) in [5, 5.41) is 13.2. The second-order valence-corrected chi connectivity index (χ2v) is 9.08. The Bertz CT molecular complexity index is 1280. The summed E-state index contributed by atoms with van der Waals surface area (Å²) in [6.07, 6.45) is 0.452. The van der Waals surface area contributed by atoms with E-state index >= 15 is 0 Å². The molecule has 0 aliphatic heterocycles. The molecule has 0 unspecified atom stereocenters. The summed E-state index contributed by atoms with van der Waals surface area (Å²) in [5.41, 5.74) is 2.22. The molecule has 0 aliphatic carbocycles. The number of nitrogens with zero attached hydrogens (tertiary/aromatic N) is 4. The highest BCUT2D eigenvalue weighted by atomic mass is 35.5. The van der Waals surface area contributed by atoms with Crippen LogP contribution in [0.3, 0.4) is 0 Å². The minimum absolute atomic E-state index is 0.0170. The van der Waals surface area contributed by atoms with E-state index in [4.69, 9.17) is 16.3 Å². The van der Waals surface area contributed by atoms with Crippen molar-refractivity contribution >= 4 is 27.3 Å². The smallest absolute Gasteiger partial charge is 0.231 e. The first-order chi connectivity index (χ1) is 15.0. The highest BCUT2D eigenvalue weighted by Crippen LogP contribution is 2.26. The van der Waals surface area contributed by atoms with Crippen LogP contribution in [0.15, 0.2) is 66.7 Å². The highest BCUT2D eigenvalue weighted by Gasteiger charge is 2.13. The summed E-state index contributed by atoms with van der Waals surface area (Å²) < 4.78 is 34.1. The number of aryl methyl sites for hydroxylation is 1. The molecule has 2 aromatic carbocycles. The summed E-state index contributed by atoms with van der Waals surface area (Å²) >= 11 is 6.26. The maximum Gasteiger partial charge on any atom is 0.231 e. The fourth-order valence-electron chi connectivity index (χ4n) is 2.98. The Balaban J connectivity index is 1.35. The molecule has 4 rings (SSSR count). The number of hydrogen-bond donors (Lipinski definition) is 1. The van der Waals surface area contributed by atoms with E-state index in [1.165, 1.54) is 0 Å². The predicted molar refractivity (Wildman–Crippen MR) is 119 cm³/mol. The highest BCUT2D eigenvalue weighted by molar-refractivity contribution is 7.89. The van der Waals surface area contributed by atoms with Crippen LogP contribution in [0.4, 0.5) is 0 Å². The third-order valence-electron chi connectivity index (χ3n) is 4.53. The van der Waals surface area contributed by atoms with Crippen molar-refractivity contribution in [2.24, 2.45) is 0 Å². The van der Waals surface area contributed by atoms with Crippen molar-refractivity contribution in [2.45, 2.75) is 6.42 Å². The summed E-state index contributed by atoms with van der Waals surface area (Å²) in [6, 6.07) is 20.1. The molecule has 31 heavy (non-hydrogen) atoms. The molecule has 0 aliphatic rings. The van der Waals surface area contributed by atoms with Gasteiger partial charge in [0, 0.05) is 18.2 Å². The Morgan fingerprint density at radius 1 is 0.968 bits per heavy atom. The lowest BCUT2D eigenvalue weighted by Gasteiger charge is -2.09. The van der Waals surface area contributed by atoms with Gasteiger partial charge in [-0.15, -0.1) is 15.3 Å². The van der Waals surface area contributed by atoms with E-state index < -0.39 is 10.0 Å². The lowest BCUT2D eigenvalue weighted by Crippen LogP contribution is -2.31. The second kappa shape index (κ2) is 9.42. The molecule has 0 saturated heterocycles. The van der Waals surface area contributed by atoms with Crippen molar-refractivity contribution in [2.75, 3.05) is 18.9 Å². The standard InChI is InChI=1S/C21H20ClN5O3S/c22-18-9-5-4-8-17(18)21-25-24-19-10-11-20(26-27(19)21)30-14-13-23-31(28,29)15-12-16-6-2-1-3-7-16/h1-11,23H,12-15H2. The zero-order chi connectivity index (χ0) is 21.7. The molecule has 0 amide bonds. The van der Waals surface area contributed by atoms with E-state index in [-0.39, 0.29) is 18.9 Å². The van der Waals surface area contributed by atoms with Crippen LogP contribution < -0.4 is 9.46 Å². The van der Waals surface area contributed by atoms with Gasteiger partial charge in [-0.3, -0.25) is 0 Å². The SMILES string of the molecule is O=S(=O)(CCc1ccccc1)NCCOc1ccc2nnc(-c3ccccc3Cl)n2n1. The number of benzene rings is 2. The Hall–Kier alpha value is -3.01. The van der Waals surface area contributed by atoms with Crippen molar-refractivity contribution in [3.63, 3.8) is 0 Å². The number of rotatable bonds is 9. The van der Waals surface area contributed by atoms with E-state index in [9.17, 15) is 8.42 Å². The molecular formula is C21H20ClN5O3S. The third-order valence-corrected chi connectivity index (χ3v) is 6.24. The molecular weight excluding hydrogens is 438 g/mol. The molecule has 2 aromatic heterocycles. The van der Waals surface area contributed by atoms with Crippen LogP contribution in [-0.4, -0.2) is 47.1 Å². The Morgan fingerprint density at radius 3 is 2.55 bits per heavy atom. The molecule has 8 nitrogen and oxygen atoms in total. The van der Waals surface area contributed by atoms with Gasteiger partial charge in [0.05, 0.1) is 10.8 Å². The van der Waals surface area contributed by atoms with Crippen LogP contribution >= 0.6 is 11.6 Å². The molecule has 0 bridgehead atoms. The maximum absolute atomic E-state index is 12.2. The molecule has 0 saturated carbocycles. The van der Waals surface area contributed by atoms with Gasteiger partial charge in [-0.25, -0.2) is 13.1 Å². The van der Waals surface area contributed by atoms with E-state index in [1.54, 1.807) is 22.7 Å². The average molecular weight is 458 g/mol. The molecule has 0 radical (unpaired) electrons. The average Bonchev–Trinajstić information content (AvgIpc) is 3.20. The lowest BCUT2D eigenvalue weighted by atomic mass is 10.2. The molecule has 160 valence electrons. The first-order valence-electron chi connectivity index (χ1n) is 9.63. The molecule has 4 aromatic rings. The fourth-order valence-corrected chi connectivity index (χ4v) is 4.24. The van der Waals surface area contributed by atoms with Crippen LogP contribution in [0.5, 0.6) is 5.88 Å². The molecule has 0 fully saturated rings. The molecule has 1 N–H and O–H groups in total. The largest absolute Gasteiger partial charge is 0.475 e. The summed E-state index contributed by atoms with van der Waals surface area (Å²) in [4.78, 5) is 0. The normalized spacial score (nSPS) is 11.6. The number of sulfonamides is 1. The molecule has 0 spiro atoms. The van der Waals surface area contributed by atoms with Gasteiger partial charge in [-0.1, -0.05) is 54.1 Å². The van der Waals surface area contributed by atoms with Gasteiger partial charge < -0.3 is 4.74 Å². The van der Waals surface area contributed by atoms with Gasteiger partial charge in [0.15, 0.2) is 11.5 Å². The number of halogens is 1. The van der Waals surface area contributed by atoms with Crippen LogP contribution in [-0.2, 0) is 16.4 Å². The third kappa shape index (κ3) is 5.38. The monoisotopic (exact) mass is 457 g/mol.